The molecule has 0 atom stereocenters. The highest BCUT2D eigenvalue weighted by Crippen LogP contribution is 2.38. The van der Waals surface area contributed by atoms with Crippen molar-refractivity contribution in [3.63, 3.8) is 0 Å². The first-order valence-corrected chi connectivity index (χ1v) is 11.5. The SMILES string of the molecule is CCOC(=O)c1cnc2c(c(-c3ccccc3)nn2C)c1N(C)S(=O)(=O)c1ccc(F)cc1. The number of carbonyl (C=O) groups is 1. The number of ether oxygens (including phenoxy) is 1. The van der Waals surface area contributed by atoms with Crippen LogP contribution in [0.4, 0.5) is 10.1 Å². The van der Waals surface area contributed by atoms with Gasteiger partial charge in [-0.25, -0.2) is 27.3 Å². The average molecular weight is 469 g/mol. The minimum absolute atomic E-state index is 0.0253. The Labute approximate surface area is 190 Å². The van der Waals surface area contributed by atoms with Crippen LogP contribution in [0, 0.1) is 5.82 Å². The summed E-state index contributed by atoms with van der Waals surface area (Å²) in [6.45, 7) is 1.76. The number of carbonyl (C=O) groups excluding carboxylic acids is 1. The van der Waals surface area contributed by atoms with Crippen molar-refractivity contribution in [2.45, 2.75) is 11.8 Å². The molecule has 2 aromatic heterocycles. The number of halogens is 1. The normalized spacial score (nSPS) is 11.5. The van der Waals surface area contributed by atoms with Gasteiger partial charge >= 0.3 is 5.97 Å². The molecule has 0 aliphatic heterocycles. The number of aryl methyl sites for hydroxylation is 1. The molecule has 0 saturated carbocycles. The number of benzene rings is 2. The number of hydrogen-bond acceptors (Lipinski definition) is 6. The molecule has 0 amide bonds. The number of esters is 1. The van der Waals surface area contributed by atoms with Crippen molar-refractivity contribution in [3.05, 3.63) is 72.2 Å². The number of fused-ring (bicyclic) bond motifs is 1. The number of rotatable bonds is 6. The molecule has 0 fully saturated rings. The molecule has 0 aliphatic carbocycles. The Bertz CT molecular complexity index is 1440. The van der Waals surface area contributed by atoms with Crippen LogP contribution in [0.25, 0.3) is 22.3 Å². The Hall–Kier alpha value is -3.79. The number of hydrogen-bond donors (Lipinski definition) is 0. The van der Waals surface area contributed by atoms with E-state index in [4.69, 9.17) is 4.74 Å². The maximum absolute atomic E-state index is 13.5. The second kappa shape index (κ2) is 8.62. The average Bonchev–Trinajstić information content (AvgIpc) is 3.15. The molecule has 33 heavy (non-hydrogen) atoms. The van der Waals surface area contributed by atoms with E-state index in [-0.39, 0.29) is 22.8 Å². The molecule has 4 aromatic rings. The summed E-state index contributed by atoms with van der Waals surface area (Å²) in [5.41, 5.74) is 1.62. The fourth-order valence-electron chi connectivity index (χ4n) is 3.57. The van der Waals surface area contributed by atoms with Gasteiger partial charge in [0.1, 0.15) is 17.1 Å². The molecule has 0 bridgehead atoms. The molecule has 0 N–H and O–H groups in total. The van der Waals surface area contributed by atoms with Crippen molar-refractivity contribution in [3.8, 4) is 11.3 Å². The lowest BCUT2D eigenvalue weighted by molar-refractivity contribution is 0.0527. The minimum Gasteiger partial charge on any atom is -0.462 e. The molecule has 170 valence electrons. The first-order chi connectivity index (χ1) is 15.8. The van der Waals surface area contributed by atoms with Gasteiger partial charge in [0.2, 0.25) is 0 Å². The second-order valence-electron chi connectivity index (χ2n) is 7.20. The van der Waals surface area contributed by atoms with Crippen LogP contribution in [0.15, 0.2) is 65.7 Å². The molecule has 10 heteroatoms. The fraction of sp³-hybridized carbons (Fsp3) is 0.174. The summed E-state index contributed by atoms with van der Waals surface area (Å²) in [6, 6.07) is 13.6. The first kappa shape index (κ1) is 22.4. The lowest BCUT2D eigenvalue weighted by Crippen LogP contribution is -2.29. The summed E-state index contributed by atoms with van der Waals surface area (Å²) in [7, 11) is -1.15. The molecule has 0 saturated heterocycles. The summed E-state index contributed by atoms with van der Waals surface area (Å²) in [4.78, 5) is 17.1. The van der Waals surface area contributed by atoms with Gasteiger partial charge in [-0.15, -0.1) is 0 Å². The Balaban J connectivity index is 2.04. The van der Waals surface area contributed by atoms with Crippen molar-refractivity contribution >= 4 is 32.7 Å². The van der Waals surface area contributed by atoms with Gasteiger partial charge in [-0.3, -0.25) is 4.31 Å². The van der Waals surface area contributed by atoms with E-state index >= 15 is 0 Å². The van der Waals surface area contributed by atoms with Crippen LogP contribution in [0.3, 0.4) is 0 Å². The fourth-order valence-corrected chi connectivity index (χ4v) is 4.80. The van der Waals surface area contributed by atoms with E-state index < -0.39 is 21.8 Å². The number of sulfonamides is 1. The van der Waals surface area contributed by atoms with Crippen LogP contribution in [0.1, 0.15) is 17.3 Å². The third kappa shape index (κ3) is 3.93. The molecule has 0 aliphatic rings. The van der Waals surface area contributed by atoms with Gasteiger partial charge in [0.25, 0.3) is 10.0 Å². The zero-order valence-electron chi connectivity index (χ0n) is 18.2. The van der Waals surface area contributed by atoms with Gasteiger partial charge in [0.15, 0.2) is 5.65 Å². The van der Waals surface area contributed by atoms with Crippen LogP contribution in [-0.4, -0.2) is 42.8 Å². The van der Waals surface area contributed by atoms with Crippen LogP contribution >= 0.6 is 0 Å². The molecule has 4 rings (SSSR count). The molecule has 8 nitrogen and oxygen atoms in total. The zero-order valence-corrected chi connectivity index (χ0v) is 19.0. The van der Waals surface area contributed by atoms with Crippen molar-refractivity contribution in [1.29, 1.82) is 0 Å². The Morgan fingerprint density at radius 2 is 1.79 bits per heavy atom. The van der Waals surface area contributed by atoms with Crippen LogP contribution in [-0.2, 0) is 21.8 Å². The van der Waals surface area contributed by atoms with Gasteiger partial charge in [-0.05, 0) is 31.2 Å². The van der Waals surface area contributed by atoms with Crippen molar-refractivity contribution in [1.82, 2.24) is 14.8 Å². The van der Waals surface area contributed by atoms with Crippen LogP contribution in [0.2, 0.25) is 0 Å². The molecule has 2 heterocycles. The lowest BCUT2D eigenvalue weighted by atomic mass is 10.1. The topological polar surface area (TPSA) is 94.4 Å². The van der Waals surface area contributed by atoms with Gasteiger partial charge in [0.05, 0.1) is 22.6 Å². The minimum atomic E-state index is -4.17. The molecule has 0 spiro atoms. The predicted octanol–water partition coefficient (Wildman–Crippen LogP) is 3.78. The van der Waals surface area contributed by atoms with Crippen molar-refractivity contribution in [2.24, 2.45) is 7.05 Å². The maximum atomic E-state index is 13.5. The molecule has 0 unspecified atom stereocenters. The van der Waals surface area contributed by atoms with Crippen molar-refractivity contribution < 1.29 is 22.3 Å². The van der Waals surface area contributed by atoms with Crippen LogP contribution in [0.5, 0.6) is 0 Å². The van der Waals surface area contributed by atoms with Crippen molar-refractivity contribution in [2.75, 3.05) is 18.0 Å². The quantitative estimate of drug-likeness (QED) is 0.400. The molecule has 2 aromatic carbocycles. The van der Waals surface area contributed by atoms with Gasteiger partial charge in [0, 0.05) is 25.9 Å². The highest BCUT2D eigenvalue weighted by atomic mass is 32.2. The Morgan fingerprint density at radius 1 is 1.12 bits per heavy atom. The van der Waals surface area contributed by atoms with E-state index in [1.807, 2.05) is 30.3 Å². The third-order valence-electron chi connectivity index (χ3n) is 5.15. The summed E-state index contributed by atoms with van der Waals surface area (Å²) in [6.07, 6.45) is 1.28. The monoisotopic (exact) mass is 468 g/mol. The van der Waals surface area contributed by atoms with Gasteiger partial charge < -0.3 is 4.74 Å². The molecular weight excluding hydrogens is 447 g/mol. The Morgan fingerprint density at radius 3 is 2.42 bits per heavy atom. The number of nitrogens with zero attached hydrogens (tertiary/aromatic N) is 4. The predicted molar refractivity (Wildman–Crippen MR) is 122 cm³/mol. The Kier molecular flexibility index (Phi) is 5.86. The van der Waals surface area contributed by atoms with Gasteiger partial charge in [-0.1, -0.05) is 30.3 Å². The smallest absolute Gasteiger partial charge is 0.341 e. The van der Waals surface area contributed by atoms with E-state index in [1.54, 1.807) is 14.0 Å². The standard InChI is InChI=1S/C23H21FN4O4S/c1-4-32-23(29)18-14-25-22-19(20(26-27(22)2)15-8-6-5-7-9-15)21(18)28(3)33(30,31)17-12-10-16(24)11-13-17/h5-14H,4H2,1-3H3. The lowest BCUT2D eigenvalue weighted by Gasteiger charge is -2.23. The second-order valence-corrected chi connectivity index (χ2v) is 9.17. The van der Waals surface area contributed by atoms with E-state index in [1.165, 1.54) is 30.1 Å². The summed E-state index contributed by atoms with van der Waals surface area (Å²) >= 11 is 0. The van der Waals surface area contributed by atoms with Crippen LogP contribution < -0.4 is 4.31 Å². The zero-order chi connectivity index (χ0) is 23.8. The number of aromatic nitrogens is 3. The number of pyridine rings is 1. The van der Waals surface area contributed by atoms with Gasteiger partial charge in [-0.2, -0.15) is 5.10 Å². The highest BCUT2D eigenvalue weighted by Gasteiger charge is 2.31. The molecule has 0 radical (unpaired) electrons. The third-order valence-corrected chi connectivity index (χ3v) is 6.93. The maximum Gasteiger partial charge on any atom is 0.341 e. The summed E-state index contributed by atoms with van der Waals surface area (Å²) < 4.78 is 48.1. The largest absolute Gasteiger partial charge is 0.462 e. The van der Waals surface area contributed by atoms with E-state index in [0.717, 1.165) is 22.0 Å². The van der Waals surface area contributed by atoms with E-state index in [2.05, 4.69) is 10.1 Å². The summed E-state index contributed by atoms with van der Waals surface area (Å²) in [5, 5.41) is 4.92. The summed E-state index contributed by atoms with van der Waals surface area (Å²) in [5.74, 6) is -1.28. The first-order valence-electron chi connectivity index (χ1n) is 10.1. The van der Waals surface area contributed by atoms with E-state index in [9.17, 15) is 17.6 Å². The van der Waals surface area contributed by atoms with E-state index in [0.29, 0.717) is 16.7 Å². The number of anilines is 1. The molecular formula is C23H21FN4O4S. The highest BCUT2D eigenvalue weighted by molar-refractivity contribution is 7.92.